The number of rotatable bonds is 10. The zero-order valence-electron chi connectivity index (χ0n) is 18.5. The van der Waals surface area contributed by atoms with Crippen molar-refractivity contribution in [2.24, 2.45) is 0 Å². The molecule has 1 aromatic heterocycles. The molecule has 0 unspecified atom stereocenters. The van der Waals surface area contributed by atoms with Crippen LogP contribution in [0.3, 0.4) is 0 Å². The number of carbonyl (C=O) groups is 2. The van der Waals surface area contributed by atoms with Gasteiger partial charge in [-0.05, 0) is 34.9 Å². The summed E-state index contributed by atoms with van der Waals surface area (Å²) in [6.45, 7) is 2.51. The van der Waals surface area contributed by atoms with Gasteiger partial charge in [-0.15, -0.1) is 0 Å². The number of nitrogens with zero attached hydrogens (tertiary/aromatic N) is 2. The Morgan fingerprint density at radius 1 is 0.969 bits per heavy atom. The topological polar surface area (TPSA) is 71.5 Å². The first kappa shape index (κ1) is 23.0. The highest BCUT2D eigenvalue weighted by Crippen LogP contribution is 2.18. The van der Waals surface area contributed by atoms with Crippen LogP contribution in [-0.2, 0) is 29.1 Å². The van der Waals surface area contributed by atoms with Gasteiger partial charge in [-0.25, -0.2) is 0 Å². The minimum absolute atomic E-state index is 0.0710. The highest BCUT2D eigenvalue weighted by Gasteiger charge is 2.29. The maximum Gasteiger partial charge on any atom is 0.243 e. The first-order chi connectivity index (χ1) is 15.6. The molecule has 3 rings (SSSR count). The number of amides is 2. The molecule has 1 heterocycles. The second kappa shape index (κ2) is 11.6. The van der Waals surface area contributed by atoms with Gasteiger partial charge in [-0.1, -0.05) is 55.5 Å². The molecule has 1 atom stereocenters. The second-order valence-corrected chi connectivity index (χ2v) is 7.51. The zero-order chi connectivity index (χ0) is 22.8. The fourth-order valence-corrected chi connectivity index (χ4v) is 3.49. The molecule has 0 saturated heterocycles. The Labute approximate surface area is 189 Å². The Morgan fingerprint density at radius 3 is 2.31 bits per heavy atom. The van der Waals surface area contributed by atoms with Crippen LogP contribution in [0.5, 0.6) is 5.75 Å². The standard InChI is InChI=1S/C26H29N3O3/c1-3-25(30)29(19-21-11-13-23(32-2)14-12-21)24(16-20-8-5-4-6-9-20)26(31)28-18-22-10-7-15-27-17-22/h4-15,17,24H,3,16,18-19H2,1-2H3,(H,28,31)/t24-/m1/s1. The molecule has 0 fully saturated rings. The van der Waals surface area contributed by atoms with Crippen molar-refractivity contribution in [3.8, 4) is 5.75 Å². The Kier molecular flexibility index (Phi) is 8.37. The van der Waals surface area contributed by atoms with Crippen molar-refractivity contribution in [3.05, 3.63) is 95.8 Å². The number of hydrogen-bond donors (Lipinski definition) is 1. The van der Waals surface area contributed by atoms with Gasteiger partial charge in [0.05, 0.1) is 7.11 Å². The summed E-state index contributed by atoms with van der Waals surface area (Å²) >= 11 is 0. The predicted molar refractivity (Wildman–Crippen MR) is 124 cm³/mol. The van der Waals surface area contributed by atoms with Crippen LogP contribution in [-0.4, -0.2) is 34.8 Å². The van der Waals surface area contributed by atoms with Crippen molar-refractivity contribution in [2.75, 3.05) is 7.11 Å². The lowest BCUT2D eigenvalue weighted by molar-refractivity contribution is -0.141. The number of nitrogens with one attached hydrogen (secondary N) is 1. The van der Waals surface area contributed by atoms with E-state index in [4.69, 9.17) is 4.74 Å². The third kappa shape index (κ3) is 6.41. The van der Waals surface area contributed by atoms with Crippen LogP contribution in [0.4, 0.5) is 0 Å². The average Bonchev–Trinajstić information content (AvgIpc) is 2.85. The van der Waals surface area contributed by atoms with Crippen LogP contribution < -0.4 is 10.1 Å². The maximum atomic E-state index is 13.3. The van der Waals surface area contributed by atoms with E-state index < -0.39 is 6.04 Å². The minimum atomic E-state index is -0.636. The van der Waals surface area contributed by atoms with Crippen LogP contribution in [0.25, 0.3) is 0 Å². The molecule has 1 N–H and O–H groups in total. The summed E-state index contributed by atoms with van der Waals surface area (Å²) in [5, 5.41) is 2.99. The Morgan fingerprint density at radius 2 is 1.69 bits per heavy atom. The van der Waals surface area contributed by atoms with Gasteiger partial charge in [0, 0.05) is 38.3 Å². The molecule has 6 heteroatoms. The summed E-state index contributed by atoms with van der Waals surface area (Å²) < 4.78 is 5.23. The summed E-state index contributed by atoms with van der Waals surface area (Å²) in [6.07, 6.45) is 4.16. The number of benzene rings is 2. The van der Waals surface area contributed by atoms with Crippen molar-refractivity contribution in [1.82, 2.24) is 15.2 Å². The number of methoxy groups -OCH3 is 1. The molecule has 0 radical (unpaired) electrons. The summed E-state index contributed by atoms with van der Waals surface area (Å²) in [4.78, 5) is 32.1. The molecule has 0 aliphatic carbocycles. The van der Waals surface area contributed by atoms with Crippen molar-refractivity contribution >= 4 is 11.8 Å². The van der Waals surface area contributed by atoms with Crippen molar-refractivity contribution in [1.29, 1.82) is 0 Å². The maximum absolute atomic E-state index is 13.3. The fraction of sp³-hybridized carbons (Fsp3) is 0.269. The van der Waals surface area contributed by atoms with E-state index in [1.807, 2.05) is 73.7 Å². The normalized spacial score (nSPS) is 11.4. The molecule has 32 heavy (non-hydrogen) atoms. The molecule has 6 nitrogen and oxygen atoms in total. The van der Waals surface area contributed by atoms with Crippen LogP contribution >= 0.6 is 0 Å². The molecule has 0 aliphatic heterocycles. The van der Waals surface area contributed by atoms with E-state index in [1.165, 1.54) is 0 Å². The lowest BCUT2D eigenvalue weighted by Crippen LogP contribution is -2.50. The van der Waals surface area contributed by atoms with E-state index in [1.54, 1.807) is 24.4 Å². The van der Waals surface area contributed by atoms with Gasteiger partial charge in [0.25, 0.3) is 0 Å². The van der Waals surface area contributed by atoms with E-state index >= 15 is 0 Å². The van der Waals surface area contributed by atoms with E-state index in [-0.39, 0.29) is 11.8 Å². The Balaban J connectivity index is 1.85. The summed E-state index contributed by atoms with van der Waals surface area (Å²) in [6, 6.07) is 20.4. The van der Waals surface area contributed by atoms with Crippen LogP contribution in [0.15, 0.2) is 79.1 Å². The molecule has 3 aromatic rings. The molecule has 2 amide bonds. The fourth-order valence-electron chi connectivity index (χ4n) is 3.49. The molecule has 2 aromatic carbocycles. The lowest BCUT2D eigenvalue weighted by Gasteiger charge is -2.31. The summed E-state index contributed by atoms with van der Waals surface area (Å²) in [5.74, 6) is 0.489. The van der Waals surface area contributed by atoms with Gasteiger partial charge >= 0.3 is 0 Å². The van der Waals surface area contributed by atoms with E-state index in [9.17, 15) is 9.59 Å². The van der Waals surface area contributed by atoms with Crippen molar-refractivity contribution < 1.29 is 14.3 Å². The predicted octanol–water partition coefficient (Wildman–Crippen LogP) is 3.76. The number of aromatic nitrogens is 1. The molecule has 0 spiro atoms. The minimum Gasteiger partial charge on any atom is -0.497 e. The molecule has 166 valence electrons. The average molecular weight is 432 g/mol. The quantitative estimate of drug-likeness (QED) is 0.531. The van der Waals surface area contributed by atoms with Crippen molar-refractivity contribution in [2.45, 2.75) is 38.9 Å². The van der Waals surface area contributed by atoms with Crippen LogP contribution in [0.1, 0.15) is 30.0 Å². The third-order valence-electron chi connectivity index (χ3n) is 5.28. The molecule has 0 saturated carbocycles. The van der Waals surface area contributed by atoms with E-state index in [2.05, 4.69) is 10.3 Å². The molecule has 0 aliphatic rings. The van der Waals surface area contributed by atoms with Gasteiger partial charge in [-0.3, -0.25) is 14.6 Å². The second-order valence-electron chi connectivity index (χ2n) is 7.51. The summed E-state index contributed by atoms with van der Waals surface area (Å²) in [7, 11) is 1.62. The highest BCUT2D eigenvalue weighted by molar-refractivity contribution is 5.87. The van der Waals surface area contributed by atoms with Crippen LogP contribution in [0.2, 0.25) is 0 Å². The SMILES string of the molecule is CCC(=O)N(Cc1ccc(OC)cc1)[C@H](Cc1ccccc1)C(=O)NCc1cccnc1. The monoisotopic (exact) mass is 431 g/mol. The molecule has 0 bridgehead atoms. The number of carbonyl (C=O) groups excluding carboxylic acids is 2. The van der Waals surface area contributed by atoms with Crippen molar-refractivity contribution in [3.63, 3.8) is 0 Å². The summed E-state index contributed by atoms with van der Waals surface area (Å²) in [5.41, 5.74) is 2.84. The van der Waals surface area contributed by atoms with Crippen LogP contribution in [0, 0.1) is 0 Å². The number of pyridine rings is 1. The zero-order valence-corrected chi connectivity index (χ0v) is 18.5. The molecular formula is C26H29N3O3. The van der Waals surface area contributed by atoms with Gasteiger partial charge < -0.3 is 15.0 Å². The molecular weight excluding hydrogens is 402 g/mol. The van der Waals surface area contributed by atoms with Gasteiger partial charge in [-0.2, -0.15) is 0 Å². The lowest BCUT2D eigenvalue weighted by atomic mass is 10.0. The largest absolute Gasteiger partial charge is 0.497 e. The smallest absolute Gasteiger partial charge is 0.243 e. The van der Waals surface area contributed by atoms with E-state index in [0.717, 1.165) is 22.4 Å². The Bertz CT molecular complexity index is 992. The van der Waals surface area contributed by atoms with E-state index in [0.29, 0.717) is 25.9 Å². The van der Waals surface area contributed by atoms with Gasteiger partial charge in [0.1, 0.15) is 11.8 Å². The van der Waals surface area contributed by atoms with Gasteiger partial charge in [0.15, 0.2) is 0 Å². The van der Waals surface area contributed by atoms with Gasteiger partial charge in [0.2, 0.25) is 11.8 Å². The first-order valence-corrected chi connectivity index (χ1v) is 10.7. The first-order valence-electron chi connectivity index (χ1n) is 10.7. The number of hydrogen-bond acceptors (Lipinski definition) is 4. The third-order valence-corrected chi connectivity index (χ3v) is 5.28. The Hall–Kier alpha value is -3.67. The number of ether oxygens (including phenoxy) is 1. The highest BCUT2D eigenvalue weighted by atomic mass is 16.5.